The Hall–Kier alpha value is -1.36. The molecule has 1 saturated carbocycles. The van der Waals surface area contributed by atoms with Crippen molar-refractivity contribution < 1.29 is 5.11 Å². The predicted molar refractivity (Wildman–Crippen MR) is 66.2 cm³/mol. The van der Waals surface area contributed by atoms with Crippen LogP contribution >= 0.6 is 0 Å². The van der Waals surface area contributed by atoms with Crippen molar-refractivity contribution >= 4 is 5.82 Å². The third-order valence-corrected chi connectivity index (χ3v) is 3.32. The molecule has 2 rings (SSSR count). The molecular weight excluding hydrogens is 218 g/mol. The highest BCUT2D eigenvalue weighted by Crippen LogP contribution is 2.24. The fourth-order valence-corrected chi connectivity index (χ4v) is 2.51. The predicted octanol–water partition coefficient (Wildman–Crippen LogP) is 0.901. The van der Waals surface area contributed by atoms with Gasteiger partial charge in [-0.05, 0) is 12.8 Å². The first-order valence-electron chi connectivity index (χ1n) is 6.24. The van der Waals surface area contributed by atoms with Gasteiger partial charge in [-0.25, -0.2) is 4.98 Å². The minimum absolute atomic E-state index is 0.0481. The molecule has 0 aliphatic heterocycles. The van der Waals surface area contributed by atoms with Crippen molar-refractivity contribution in [3.63, 3.8) is 0 Å². The van der Waals surface area contributed by atoms with Gasteiger partial charge in [0.05, 0.1) is 6.61 Å². The second kappa shape index (κ2) is 5.82. The molecule has 17 heavy (non-hydrogen) atoms. The van der Waals surface area contributed by atoms with Crippen LogP contribution in [0.2, 0.25) is 0 Å². The van der Waals surface area contributed by atoms with E-state index in [1.54, 1.807) is 6.20 Å². The first kappa shape index (κ1) is 12.1. The summed E-state index contributed by atoms with van der Waals surface area (Å²) >= 11 is 0. The molecular formula is C12H19N3O2. The Labute approximate surface area is 100 Å². The van der Waals surface area contributed by atoms with Crippen LogP contribution in [0.1, 0.15) is 32.1 Å². The third-order valence-electron chi connectivity index (χ3n) is 3.32. The summed E-state index contributed by atoms with van der Waals surface area (Å²) in [4.78, 5) is 20.5. The summed E-state index contributed by atoms with van der Waals surface area (Å²) in [6, 6.07) is 0.340. The Bertz CT molecular complexity index is 399. The number of hydrogen-bond acceptors (Lipinski definition) is 4. The molecule has 0 spiro atoms. The summed E-state index contributed by atoms with van der Waals surface area (Å²) in [6.07, 6.45) is 8.93. The lowest BCUT2D eigenvalue weighted by molar-refractivity contribution is 0.289. The Balaban J connectivity index is 2.21. The fourth-order valence-electron chi connectivity index (χ4n) is 2.51. The van der Waals surface area contributed by atoms with Gasteiger partial charge >= 0.3 is 0 Å². The van der Waals surface area contributed by atoms with Gasteiger partial charge in [-0.2, -0.15) is 0 Å². The minimum Gasteiger partial charge on any atom is -0.395 e. The molecule has 1 aromatic rings. The second-order valence-corrected chi connectivity index (χ2v) is 4.45. The van der Waals surface area contributed by atoms with Crippen molar-refractivity contribution in [1.82, 2.24) is 9.97 Å². The topological polar surface area (TPSA) is 69.2 Å². The number of anilines is 1. The average molecular weight is 237 g/mol. The molecule has 1 fully saturated rings. The molecule has 0 unspecified atom stereocenters. The molecule has 1 aliphatic carbocycles. The van der Waals surface area contributed by atoms with E-state index in [0.29, 0.717) is 18.4 Å². The van der Waals surface area contributed by atoms with Gasteiger partial charge in [-0.1, -0.05) is 19.3 Å². The second-order valence-electron chi connectivity index (χ2n) is 4.45. The Morgan fingerprint density at radius 2 is 2.18 bits per heavy atom. The van der Waals surface area contributed by atoms with Crippen molar-refractivity contribution in [2.75, 3.05) is 18.1 Å². The van der Waals surface area contributed by atoms with Crippen LogP contribution in [0.4, 0.5) is 5.82 Å². The normalized spacial score (nSPS) is 17.0. The number of H-pyrrole nitrogens is 1. The average Bonchev–Trinajstić information content (AvgIpc) is 2.38. The lowest BCUT2D eigenvalue weighted by Crippen LogP contribution is -2.42. The quantitative estimate of drug-likeness (QED) is 0.816. The maximum absolute atomic E-state index is 11.7. The van der Waals surface area contributed by atoms with Crippen LogP contribution in [0.5, 0.6) is 0 Å². The maximum Gasteiger partial charge on any atom is 0.290 e. The number of rotatable bonds is 4. The molecule has 0 aromatic carbocycles. The van der Waals surface area contributed by atoms with Crippen LogP contribution in [-0.4, -0.2) is 34.3 Å². The summed E-state index contributed by atoms with van der Waals surface area (Å²) in [7, 11) is 0. The van der Waals surface area contributed by atoms with Crippen molar-refractivity contribution in [2.45, 2.75) is 38.1 Å². The highest BCUT2D eigenvalue weighted by atomic mass is 16.3. The zero-order valence-corrected chi connectivity index (χ0v) is 9.93. The van der Waals surface area contributed by atoms with Gasteiger partial charge in [0.1, 0.15) is 0 Å². The largest absolute Gasteiger partial charge is 0.395 e. The van der Waals surface area contributed by atoms with Gasteiger partial charge in [0.15, 0.2) is 5.82 Å². The SMILES string of the molecule is O=c1[nH]ccnc1N(CCO)C1CCCCC1. The summed E-state index contributed by atoms with van der Waals surface area (Å²) < 4.78 is 0. The first-order valence-corrected chi connectivity index (χ1v) is 6.24. The number of hydrogen-bond donors (Lipinski definition) is 2. The van der Waals surface area contributed by atoms with Gasteiger partial charge in [0.25, 0.3) is 5.56 Å². The van der Waals surface area contributed by atoms with Gasteiger partial charge in [0, 0.05) is 25.0 Å². The van der Waals surface area contributed by atoms with Gasteiger partial charge in [0.2, 0.25) is 0 Å². The van der Waals surface area contributed by atoms with Crippen LogP contribution in [0, 0.1) is 0 Å². The number of nitrogens with zero attached hydrogens (tertiary/aromatic N) is 2. The summed E-state index contributed by atoms with van der Waals surface area (Å²) in [6.45, 7) is 0.525. The molecule has 1 aliphatic rings. The molecule has 1 heterocycles. The molecule has 2 N–H and O–H groups in total. The molecule has 5 heteroatoms. The van der Waals surface area contributed by atoms with E-state index >= 15 is 0 Å². The molecule has 1 aromatic heterocycles. The Morgan fingerprint density at radius 3 is 2.82 bits per heavy atom. The highest BCUT2D eigenvalue weighted by molar-refractivity contribution is 5.36. The lowest BCUT2D eigenvalue weighted by Gasteiger charge is -2.34. The third kappa shape index (κ3) is 2.85. The molecule has 0 atom stereocenters. The molecule has 0 amide bonds. The van der Waals surface area contributed by atoms with E-state index in [1.807, 2.05) is 4.90 Å². The number of aliphatic hydroxyl groups is 1. The monoisotopic (exact) mass is 237 g/mol. The maximum atomic E-state index is 11.7. The molecule has 0 saturated heterocycles. The van der Waals surface area contributed by atoms with Crippen LogP contribution in [-0.2, 0) is 0 Å². The van der Waals surface area contributed by atoms with Crippen LogP contribution in [0.15, 0.2) is 17.2 Å². The fraction of sp³-hybridized carbons (Fsp3) is 0.667. The van der Waals surface area contributed by atoms with Crippen LogP contribution < -0.4 is 10.5 Å². The Kier molecular flexibility index (Phi) is 4.14. The summed E-state index contributed by atoms with van der Waals surface area (Å²) in [5.41, 5.74) is -0.175. The molecule has 5 nitrogen and oxygen atoms in total. The molecule has 0 radical (unpaired) electrons. The van der Waals surface area contributed by atoms with Crippen molar-refractivity contribution in [3.05, 3.63) is 22.7 Å². The molecule has 94 valence electrons. The van der Waals surface area contributed by atoms with Crippen molar-refractivity contribution in [1.29, 1.82) is 0 Å². The van der Waals surface area contributed by atoms with E-state index in [-0.39, 0.29) is 12.2 Å². The van der Waals surface area contributed by atoms with E-state index in [0.717, 1.165) is 12.8 Å². The number of aliphatic hydroxyl groups excluding tert-OH is 1. The Morgan fingerprint density at radius 1 is 1.41 bits per heavy atom. The zero-order chi connectivity index (χ0) is 12.1. The standard InChI is InChI=1S/C12H19N3O2/c16-9-8-15(10-4-2-1-3-5-10)11-12(17)14-7-6-13-11/h6-7,10,16H,1-5,8-9H2,(H,14,17). The van der Waals surface area contributed by atoms with Crippen LogP contribution in [0.25, 0.3) is 0 Å². The first-order chi connectivity index (χ1) is 8.33. The van der Waals surface area contributed by atoms with E-state index in [9.17, 15) is 4.79 Å². The minimum atomic E-state index is -0.175. The van der Waals surface area contributed by atoms with Gasteiger partial charge < -0.3 is 15.0 Å². The van der Waals surface area contributed by atoms with Gasteiger partial charge in [-0.15, -0.1) is 0 Å². The molecule has 0 bridgehead atoms. The van der Waals surface area contributed by atoms with E-state index in [4.69, 9.17) is 5.11 Å². The van der Waals surface area contributed by atoms with Gasteiger partial charge in [-0.3, -0.25) is 4.79 Å². The van der Waals surface area contributed by atoms with E-state index in [2.05, 4.69) is 9.97 Å². The smallest absolute Gasteiger partial charge is 0.290 e. The van der Waals surface area contributed by atoms with E-state index in [1.165, 1.54) is 25.5 Å². The lowest BCUT2D eigenvalue weighted by atomic mass is 9.94. The highest BCUT2D eigenvalue weighted by Gasteiger charge is 2.23. The number of nitrogens with one attached hydrogen (secondary N) is 1. The number of aromatic amines is 1. The van der Waals surface area contributed by atoms with Crippen molar-refractivity contribution in [3.8, 4) is 0 Å². The van der Waals surface area contributed by atoms with Crippen LogP contribution in [0.3, 0.4) is 0 Å². The van der Waals surface area contributed by atoms with E-state index < -0.39 is 0 Å². The summed E-state index contributed by atoms with van der Waals surface area (Å²) in [5, 5.41) is 9.14. The summed E-state index contributed by atoms with van der Waals surface area (Å²) in [5.74, 6) is 0.438. The zero-order valence-electron chi connectivity index (χ0n) is 9.93. The van der Waals surface area contributed by atoms with Crippen molar-refractivity contribution in [2.24, 2.45) is 0 Å². The number of aromatic nitrogens is 2.